The van der Waals surface area contributed by atoms with Gasteiger partial charge in [0.15, 0.2) is 0 Å². The van der Waals surface area contributed by atoms with Crippen LogP contribution in [-0.2, 0) is 5.75 Å². The van der Waals surface area contributed by atoms with Gasteiger partial charge in [0.2, 0.25) is 4.96 Å². The summed E-state index contributed by atoms with van der Waals surface area (Å²) in [5.74, 6) is 0.703. The summed E-state index contributed by atoms with van der Waals surface area (Å²) >= 11 is 8.94. The van der Waals surface area contributed by atoms with Crippen LogP contribution in [0.1, 0.15) is 10.7 Å². The van der Waals surface area contributed by atoms with Crippen LogP contribution < -0.4 is 5.56 Å². The molecule has 0 aliphatic heterocycles. The molecule has 0 saturated carbocycles. The van der Waals surface area contributed by atoms with Crippen molar-refractivity contribution in [3.63, 3.8) is 0 Å². The molecule has 3 rings (SSSR count). The molecule has 2 aromatic heterocycles. The number of aromatic nitrogens is 3. The summed E-state index contributed by atoms with van der Waals surface area (Å²) in [4.78, 5) is 17.8. The largest absolute Gasteiger partial charge is 0.275 e. The Bertz CT molecular complexity index is 811. The monoisotopic (exact) mass is 323 g/mol. The first kappa shape index (κ1) is 13.6. The molecular weight excluding hydrogens is 314 g/mol. The molecule has 0 unspecified atom stereocenters. The zero-order chi connectivity index (χ0) is 14.1. The van der Waals surface area contributed by atoms with Gasteiger partial charge in [-0.2, -0.15) is 9.61 Å². The quantitative estimate of drug-likeness (QED) is 0.693. The van der Waals surface area contributed by atoms with Gasteiger partial charge in [0.05, 0.1) is 5.75 Å². The van der Waals surface area contributed by atoms with Gasteiger partial charge in [0.25, 0.3) is 5.56 Å². The van der Waals surface area contributed by atoms with Crippen LogP contribution in [0.25, 0.3) is 4.96 Å². The summed E-state index contributed by atoms with van der Waals surface area (Å²) in [6.07, 6.45) is 0. The molecule has 0 N–H and O–H groups in total. The maximum atomic E-state index is 11.8. The third-order valence-electron chi connectivity index (χ3n) is 2.59. The molecule has 0 saturated heterocycles. The molecule has 0 atom stereocenters. The SMILES string of the molecule is Cc1cc(=O)n2nc(CSc3ccc(Cl)cc3)sc2n1. The van der Waals surface area contributed by atoms with Crippen molar-refractivity contribution in [2.24, 2.45) is 0 Å². The lowest BCUT2D eigenvalue weighted by molar-refractivity contribution is 0.870. The van der Waals surface area contributed by atoms with Crippen LogP contribution in [0, 0.1) is 6.92 Å². The molecular formula is C13H10ClN3OS2. The highest BCUT2D eigenvalue weighted by Crippen LogP contribution is 2.25. The molecule has 2 heterocycles. The van der Waals surface area contributed by atoms with Crippen molar-refractivity contribution in [3.05, 3.63) is 56.4 Å². The zero-order valence-electron chi connectivity index (χ0n) is 10.5. The molecule has 3 aromatic rings. The van der Waals surface area contributed by atoms with Crippen molar-refractivity contribution in [2.75, 3.05) is 0 Å². The fraction of sp³-hybridized carbons (Fsp3) is 0.154. The van der Waals surface area contributed by atoms with Crippen molar-refractivity contribution in [1.82, 2.24) is 14.6 Å². The second-order valence-corrected chi connectivity index (χ2v) is 6.69. The summed E-state index contributed by atoms with van der Waals surface area (Å²) in [7, 11) is 0. The van der Waals surface area contributed by atoms with Gasteiger partial charge in [0, 0.05) is 21.7 Å². The lowest BCUT2D eigenvalue weighted by atomic mass is 10.4. The number of halogens is 1. The highest BCUT2D eigenvalue weighted by molar-refractivity contribution is 7.98. The maximum Gasteiger partial charge on any atom is 0.275 e. The zero-order valence-corrected chi connectivity index (χ0v) is 12.9. The molecule has 0 spiro atoms. The number of hydrogen-bond acceptors (Lipinski definition) is 5. The van der Waals surface area contributed by atoms with E-state index in [0.717, 1.165) is 20.6 Å². The third kappa shape index (κ3) is 2.87. The molecule has 7 heteroatoms. The highest BCUT2D eigenvalue weighted by Gasteiger charge is 2.08. The summed E-state index contributed by atoms with van der Waals surface area (Å²) in [5, 5.41) is 5.90. The Morgan fingerprint density at radius 3 is 2.85 bits per heavy atom. The van der Waals surface area contributed by atoms with Crippen molar-refractivity contribution in [1.29, 1.82) is 0 Å². The fourth-order valence-electron chi connectivity index (χ4n) is 1.69. The summed E-state index contributed by atoms with van der Waals surface area (Å²) in [5.41, 5.74) is 0.585. The van der Waals surface area contributed by atoms with E-state index in [9.17, 15) is 4.79 Å². The average molecular weight is 324 g/mol. The Kier molecular flexibility index (Phi) is 3.78. The Morgan fingerprint density at radius 2 is 2.10 bits per heavy atom. The minimum absolute atomic E-state index is 0.133. The lowest BCUT2D eigenvalue weighted by Crippen LogP contribution is -2.14. The lowest BCUT2D eigenvalue weighted by Gasteiger charge is -1.98. The van der Waals surface area contributed by atoms with Crippen LogP contribution in [0.5, 0.6) is 0 Å². The molecule has 1 aromatic carbocycles. The molecule has 20 heavy (non-hydrogen) atoms. The van der Waals surface area contributed by atoms with Crippen LogP contribution in [0.15, 0.2) is 40.0 Å². The molecule has 0 bridgehead atoms. The normalized spacial score (nSPS) is 11.1. The molecule has 0 aliphatic rings. The van der Waals surface area contributed by atoms with E-state index >= 15 is 0 Å². The molecule has 4 nitrogen and oxygen atoms in total. The Hall–Kier alpha value is -1.37. The van der Waals surface area contributed by atoms with E-state index in [-0.39, 0.29) is 5.56 Å². The van der Waals surface area contributed by atoms with Crippen molar-refractivity contribution in [2.45, 2.75) is 17.6 Å². The van der Waals surface area contributed by atoms with Gasteiger partial charge in [-0.15, -0.1) is 11.8 Å². The number of hydrogen-bond donors (Lipinski definition) is 0. The Balaban J connectivity index is 1.83. The first-order valence-electron chi connectivity index (χ1n) is 5.86. The number of benzene rings is 1. The highest BCUT2D eigenvalue weighted by atomic mass is 35.5. The third-order valence-corrected chi connectivity index (χ3v) is 4.96. The second-order valence-electron chi connectivity index (χ2n) is 4.17. The van der Waals surface area contributed by atoms with E-state index in [1.54, 1.807) is 11.8 Å². The second kappa shape index (κ2) is 5.55. The number of aryl methyl sites for hydroxylation is 1. The van der Waals surface area contributed by atoms with Crippen molar-refractivity contribution >= 4 is 39.7 Å². The minimum Gasteiger partial charge on any atom is -0.267 e. The van der Waals surface area contributed by atoms with E-state index in [1.165, 1.54) is 21.9 Å². The van der Waals surface area contributed by atoms with Gasteiger partial charge in [0.1, 0.15) is 5.01 Å². The predicted octanol–water partition coefficient (Wildman–Crippen LogP) is 3.41. The van der Waals surface area contributed by atoms with Crippen LogP contribution in [0.2, 0.25) is 5.02 Å². The number of fused-ring (bicyclic) bond motifs is 1. The van der Waals surface area contributed by atoms with Crippen molar-refractivity contribution in [3.8, 4) is 0 Å². The molecule has 0 radical (unpaired) electrons. The van der Waals surface area contributed by atoms with Crippen LogP contribution in [-0.4, -0.2) is 14.6 Å². The van der Waals surface area contributed by atoms with Crippen LogP contribution in [0.3, 0.4) is 0 Å². The van der Waals surface area contributed by atoms with Gasteiger partial charge in [-0.3, -0.25) is 4.79 Å². The maximum absolute atomic E-state index is 11.8. The van der Waals surface area contributed by atoms with Gasteiger partial charge in [-0.05, 0) is 31.2 Å². The van der Waals surface area contributed by atoms with Gasteiger partial charge < -0.3 is 0 Å². The first-order chi connectivity index (χ1) is 9.61. The smallest absolute Gasteiger partial charge is 0.267 e. The van der Waals surface area contributed by atoms with Crippen LogP contribution in [0.4, 0.5) is 0 Å². The standard InChI is InChI=1S/C13H10ClN3OS2/c1-8-6-12(18)17-13(15-8)20-11(16-17)7-19-10-4-2-9(14)3-5-10/h2-6H,7H2,1H3. The van der Waals surface area contributed by atoms with E-state index in [1.807, 2.05) is 31.2 Å². The first-order valence-corrected chi connectivity index (χ1v) is 8.04. The van der Waals surface area contributed by atoms with E-state index < -0.39 is 0 Å². The fourth-order valence-corrected chi connectivity index (χ4v) is 3.65. The Labute approximate surface area is 128 Å². The van der Waals surface area contributed by atoms with E-state index in [4.69, 9.17) is 11.6 Å². The molecule has 102 valence electrons. The number of rotatable bonds is 3. The Morgan fingerprint density at radius 1 is 1.35 bits per heavy atom. The summed E-state index contributed by atoms with van der Waals surface area (Å²) in [6.45, 7) is 1.81. The topological polar surface area (TPSA) is 47.3 Å². The molecule has 0 fully saturated rings. The van der Waals surface area contributed by atoms with Gasteiger partial charge in [-0.25, -0.2) is 4.98 Å². The van der Waals surface area contributed by atoms with Crippen LogP contribution >= 0.6 is 34.7 Å². The summed E-state index contributed by atoms with van der Waals surface area (Å²) < 4.78 is 1.36. The van der Waals surface area contributed by atoms with Gasteiger partial charge >= 0.3 is 0 Å². The minimum atomic E-state index is -0.133. The van der Waals surface area contributed by atoms with Crippen molar-refractivity contribution < 1.29 is 0 Å². The van der Waals surface area contributed by atoms with E-state index in [0.29, 0.717) is 10.7 Å². The summed E-state index contributed by atoms with van der Waals surface area (Å²) in [6, 6.07) is 9.14. The molecule has 0 aliphatic carbocycles. The predicted molar refractivity (Wildman–Crippen MR) is 82.9 cm³/mol. The average Bonchev–Trinajstić information content (AvgIpc) is 2.81. The van der Waals surface area contributed by atoms with E-state index in [2.05, 4.69) is 10.1 Å². The van der Waals surface area contributed by atoms with Gasteiger partial charge in [-0.1, -0.05) is 22.9 Å². The number of nitrogens with zero attached hydrogens (tertiary/aromatic N) is 3. The number of thioether (sulfide) groups is 1. The molecule has 0 amide bonds.